The van der Waals surface area contributed by atoms with Crippen molar-refractivity contribution in [3.8, 4) is 0 Å². The van der Waals surface area contributed by atoms with E-state index in [0.29, 0.717) is 0 Å². The molecule has 0 aliphatic rings. The number of carboxylic acids is 2. The van der Waals surface area contributed by atoms with Gasteiger partial charge in [-0.25, -0.2) is 4.79 Å². The molecular weight excluding hydrogens is 873 g/mol. The van der Waals surface area contributed by atoms with Gasteiger partial charge >= 0.3 is 11.9 Å². The molecule has 57 heavy (non-hydrogen) atoms. The van der Waals surface area contributed by atoms with Gasteiger partial charge < -0.3 is 66.0 Å². The molecule has 0 unspecified atom stereocenters. The lowest BCUT2D eigenvalue weighted by Gasteiger charge is -2.23. The van der Waals surface area contributed by atoms with Gasteiger partial charge in [-0.05, 0) is 12.8 Å². The summed E-state index contributed by atoms with van der Waals surface area (Å²) in [5.74, 6) is -6.91. The molecule has 22 nitrogen and oxygen atoms in total. The molecular formula is C32H52BrCl2N7O15. The number of carbonyl (C=O) groups excluding carboxylic acids is 7. The molecule has 326 valence electrons. The van der Waals surface area contributed by atoms with Gasteiger partial charge in [-0.1, -0.05) is 15.9 Å². The summed E-state index contributed by atoms with van der Waals surface area (Å²) >= 11 is 13.9. The van der Waals surface area contributed by atoms with Gasteiger partial charge in [0.2, 0.25) is 41.4 Å². The third-order valence-corrected chi connectivity index (χ3v) is 8.03. The highest BCUT2D eigenvalue weighted by molar-refractivity contribution is 9.09. The highest BCUT2D eigenvalue weighted by atomic mass is 79.9. The van der Waals surface area contributed by atoms with E-state index >= 15 is 0 Å². The smallest absolute Gasteiger partial charge is 0.326 e. The van der Waals surface area contributed by atoms with Gasteiger partial charge in [0.05, 0.1) is 45.0 Å². The normalized spacial score (nSPS) is 11.7. The molecule has 0 radical (unpaired) electrons. The second-order valence-electron chi connectivity index (χ2n) is 11.5. The van der Waals surface area contributed by atoms with E-state index in [2.05, 4.69) is 47.8 Å². The summed E-state index contributed by atoms with van der Waals surface area (Å²) in [5.41, 5.74) is 0. The average Bonchev–Trinajstić information content (AvgIpc) is 3.18. The first-order valence-corrected chi connectivity index (χ1v) is 19.8. The Hall–Kier alpha value is -3.87. The van der Waals surface area contributed by atoms with Crippen molar-refractivity contribution in [2.45, 2.75) is 37.8 Å². The van der Waals surface area contributed by atoms with Gasteiger partial charge in [-0.3, -0.25) is 38.4 Å². The van der Waals surface area contributed by atoms with Gasteiger partial charge in [0.15, 0.2) is 0 Å². The minimum atomic E-state index is -1.54. The van der Waals surface area contributed by atoms with Crippen molar-refractivity contribution in [2.75, 3.05) is 109 Å². The molecule has 0 aromatic carbocycles. The number of nitrogens with zero attached hydrogens (tertiary/aromatic N) is 1. The summed E-state index contributed by atoms with van der Waals surface area (Å²) < 4.78 is 21.1. The number of hydrogen-bond acceptors (Lipinski definition) is 13. The Morgan fingerprint density at radius 1 is 0.561 bits per heavy atom. The van der Waals surface area contributed by atoms with Crippen LogP contribution in [0.3, 0.4) is 0 Å². The summed E-state index contributed by atoms with van der Waals surface area (Å²) in [5, 5.41) is 33.6. The van der Waals surface area contributed by atoms with Crippen molar-refractivity contribution >= 4 is 92.4 Å². The Balaban J connectivity index is 4.58. The number of rotatable bonds is 35. The van der Waals surface area contributed by atoms with Crippen LogP contribution in [0.25, 0.3) is 0 Å². The fourth-order valence-corrected chi connectivity index (χ4v) is 4.60. The minimum Gasteiger partial charge on any atom is -0.481 e. The lowest BCUT2D eigenvalue weighted by atomic mass is 10.1. The number of aliphatic carboxylic acids is 2. The second kappa shape index (κ2) is 34.2. The van der Waals surface area contributed by atoms with Crippen molar-refractivity contribution < 1.29 is 72.3 Å². The van der Waals surface area contributed by atoms with Crippen LogP contribution in [0.4, 0.5) is 0 Å². The van der Waals surface area contributed by atoms with E-state index in [1.54, 1.807) is 0 Å². The SMILES string of the molecule is O=C(O)CC[C@H](NC(=O)COCCOCCNC(=O)CBr)C(=O)N[C@@H](CCC(=O)NCCOCCOCC(=O)N(CCNC(=O)CCl)CCNC(=O)CCl)C(=O)O. The Labute approximate surface area is 347 Å². The van der Waals surface area contributed by atoms with E-state index in [0.717, 1.165) is 0 Å². The van der Waals surface area contributed by atoms with Crippen LogP contribution in [-0.4, -0.2) is 190 Å². The van der Waals surface area contributed by atoms with Gasteiger partial charge in [0.1, 0.15) is 37.1 Å². The van der Waals surface area contributed by atoms with E-state index in [9.17, 15) is 48.3 Å². The first-order chi connectivity index (χ1) is 27.2. The Morgan fingerprint density at radius 2 is 1.05 bits per heavy atom. The average molecular weight is 926 g/mol. The van der Waals surface area contributed by atoms with Crippen LogP contribution in [0.5, 0.6) is 0 Å². The maximum atomic E-state index is 12.9. The van der Waals surface area contributed by atoms with Crippen molar-refractivity contribution in [1.82, 2.24) is 36.8 Å². The molecule has 25 heteroatoms. The van der Waals surface area contributed by atoms with Crippen LogP contribution >= 0.6 is 39.1 Å². The number of carboxylic acid groups (broad SMARTS) is 2. The van der Waals surface area contributed by atoms with Crippen LogP contribution < -0.4 is 31.9 Å². The van der Waals surface area contributed by atoms with E-state index < -0.39 is 72.5 Å². The topological polar surface area (TPSA) is 306 Å². The molecule has 0 aromatic rings. The number of alkyl halides is 3. The zero-order valence-corrected chi connectivity index (χ0v) is 34.4. The van der Waals surface area contributed by atoms with Crippen molar-refractivity contribution in [3.05, 3.63) is 0 Å². The first kappa shape index (κ1) is 53.1. The maximum Gasteiger partial charge on any atom is 0.326 e. The van der Waals surface area contributed by atoms with Gasteiger partial charge in [0.25, 0.3) is 0 Å². The number of ether oxygens (including phenoxy) is 4. The van der Waals surface area contributed by atoms with Crippen LogP contribution in [-0.2, 0) is 62.1 Å². The second-order valence-corrected chi connectivity index (χ2v) is 12.6. The van der Waals surface area contributed by atoms with Gasteiger partial charge in [0, 0.05) is 52.1 Å². The molecule has 0 bridgehead atoms. The fourth-order valence-electron chi connectivity index (χ4n) is 4.21. The molecule has 8 N–H and O–H groups in total. The molecule has 0 saturated carbocycles. The minimum absolute atomic E-state index is 0.00102. The highest BCUT2D eigenvalue weighted by Gasteiger charge is 2.27. The fraction of sp³-hybridized carbons (Fsp3) is 0.719. The van der Waals surface area contributed by atoms with Gasteiger partial charge in [-0.15, -0.1) is 23.2 Å². The van der Waals surface area contributed by atoms with Crippen LogP contribution in [0.15, 0.2) is 0 Å². The molecule has 0 spiro atoms. The summed E-state index contributed by atoms with van der Waals surface area (Å²) in [6.45, 7) is 0.497. The Kier molecular flexibility index (Phi) is 31.9. The van der Waals surface area contributed by atoms with E-state index in [1.165, 1.54) is 4.90 Å². The molecule has 0 fully saturated rings. The number of halogens is 3. The predicted octanol–water partition coefficient (Wildman–Crippen LogP) is -3.08. The van der Waals surface area contributed by atoms with Crippen LogP contribution in [0.1, 0.15) is 25.7 Å². The first-order valence-electron chi connectivity index (χ1n) is 17.6. The number of nitrogens with one attached hydrogen (secondary N) is 6. The van der Waals surface area contributed by atoms with Crippen LogP contribution in [0, 0.1) is 0 Å². The molecule has 0 aliphatic heterocycles. The van der Waals surface area contributed by atoms with Crippen LogP contribution in [0.2, 0.25) is 0 Å². The van der Waals surface area contributed by atoms with E-state index in [4.69, 9.17) is 47.3 Å². The van der Waals surface area contributed by atoms with E-state index in [-0.39, 0.29) is 128 Å². The molecule has 2 atom stereocenters. The Morgan fingerprint density at radius 3 is 1.56 bits per heavy atom. The quantitative estimate of drug-likeness (QED) is 0.0231. The Bertz CT molecular complexity index is 1270. The number of hydrogen-bond donors (Lipinski definition) is 8. The molecule has 0 heterocycles. The number of amides is 7. The molecule has 0 saturated heterocycles. The monoisotopic (exact) mass is 923 g/mol. The van der Waals surface area contributed by atoms with Gasteiger partial charge in [-0.2, -0.15) is 0 Å². The third-order valence-electron chi connectivity index (χ3n) is 7.04. The molecule has 0 rings (SSSR count). The molecule has 7 amide bonds. The lowest BCUT2D eigenvalue weighted by Crippen LogP contribution is -2.52. The third kappa shape index (κ3) is 30.0. The summed E-state index contributed by atoms with van der Waals surface area (Å²) in [4.78, 5) is 108. The largest absolute Gasteiger partial charge is 0.481 e. The van der Waals surface area contributed by atoms with Crippen molar-refractivity contribution in [3.63, 3.8) is 0 Å². The lowest BCUT2D eigenvalue weighted by molar-refractivity contribution is -0.143. The molecule has 0 aromatic heterocycles. The van der Waals surface area contributed by atoms with Crippen molar-refractivity contribution in [1.29, 1.82) is 0 Å². The van der Waals surface area contributed by atoms with E-state index in [1.807, 2.05) is 0 Å². The number of carbonyl (C=O) groups is 9. The summed E-state index contributed by atoms with van der Waals surface area (Å²) in [7, 11) is 0. The predicted molar refractivity (Wildman–Crippen MR) is 205 cm³/mol. The summed E-state index contributed by atoms with van der Waals surface area (Å²) in [6, 6.07) is -2.95. The zero-order valence-electron chi connectivity index (χ0n) is 31.3. The zero-order chi connectivity index (χ0) is 42.8. The highest BCUT2D eigenvalue weighted by Crippen LogP contribution is 2.04. The summed E-state index contributed by atoms with van der Waals surface area (Å²) in [6.07, 6.45) is -1.50. The van der Waals surface area contributed by atoms with Crippen molar-refractivity contribution in [2.24, 2.45) is 0 Å². The standard InChI is InChI=1S/C32H52BrCl2N7O15/c33-17-25(44)39-8-12-55-13-15-56-20-28(47)40-22(2-4-30(49)50)31(51)41-23(32(52)53)1-3-24(43)38-7-11-54-14-16-57-21-29(48)42(9-5-36-26(45)18-34)10-6-37-27(46)19-35/h22-23H,1-21H2,(H,36,45)(H,37,46)(H,38,43)(H,39,44)(H,40,47)(H,41,51)(H,49,50)(H,52,53)/t22-,23-/m0/s1. The maximum absolute atomic E-state index is 12.9. The molecule has 0 aliphatic carbocycles.